The second kappa shape index (κ2) is 6.85. The third kappa shape index (κ3) is 2.84. The van der Waals surface area contributed by atoms with Crippen LogP contribution >= 0.6 is 23.4 Å². The molecule has 2 rings (SSSR count). The molecule has 0 aromatic carbocycles. The van der Waals surface area contributed by atoms with Gasteiger partial charge in [-0.2, -0.15) is 16.9 Å². The maximum atomic E-state index is 5.94. The lowest BCUT2D eigenvalue weighted by Crippen LogP contribution is -2.14. The molecule has 0 N–H and O–H groups in total. The molecule has 0 aliphatic heterocycles. The van der Waals surface area contributed by atoms with Crippen molar-refractivity contribution in [2.45, 2.75) is 39.7 Å². The van der Waals surface area contributed by atoms with E-state index in [4.69, 9.17) is 16.6 Å². The minimum absolute atomic E-state index is 0.406. The number of alkyl halides is 1. The summed E-state index contributed by atoms with van der Waals surface area (Å²) in [6.45, 7) is 6.57. The van der Waals surface area contributed by atoms with Crippen molar-refractivity contribution in [3.05, 3.63) is 11.5 Å². The van der Waals surface area contributed by atoms with Gasteiger partial charge in [-0.05, 0) is 19.1 Å². The second-order valence-electron chi connectivity index (χ2n) is 4.94. The lowest BCUT2D eigenvalue weighted by Gasteiger charge is -2.17. The minimum atomic E-state index is 0.406. The Labute approximate surface area is 129 Å². The molecule has 0 fully saturated rings. The smallest absolute Gasteiger partial charge is 0.158 e. The Kier molecular flexibility index (Phi) is 5.38. The van der Waals surface area contributed by atoms with Crippen LogP contribution in [0.2, 0.25) is 0 Å². The zero-order valence-electron chi connectivity index (χ0n) is 12.7. The molecule has 2 aromatic rings. The number of halogens is 1. The molecule has 0 saturated carbocycles. The average Bonchev–Trinajstić information content (AvgIpc) is 2.94. The normalized spacial score (nSPS) is 13.2. The SMILES string of the molecule is CCSCC(C)n1c(CCCl)nc2c(CC)nn(C)c21. The molecule has 6 heteroatoms. The van der Waals surface area contributed by atoms with Crippen molar-refractivity contribution in [3.63, 3.8) is 0 Å². The highest BCUT2D eigenvalue weighted by molar-refractivity contribution is 7.99. The highest BCUT2D eigenvalue weighted by atomic mass is 35.5. The molecule has 0 saturated heterocycles. The quantitative estimate of drug-likeness (QED) is 0.735. The van der Waals surface area contributed by atoms with Crippen molar-refractivity contribution in [2.75, 3.05) is 17.4 Å². The summed E-state index contributed by atoms with van der Waals surface area (Å²) in [4.78, 5) is 4.81. The number of nitrogens with zero attached hydrogens (tertiary/aromatic N) is 4. The van der Waals surface area contributed by atoms with Crippen LogP contribution in [0.25, 0.3) is 11.2 Å². The summed E-state index contributed by atoms with van der Waals surface area (Å²) < 4.78 is 4.29. The minimum Gasteiger partial charge on any atom is -0.309 e. The number of thioether (sulfide) groups is 1. The van der Waals surface area contributed by atoms with E-state index in [1.807, 2.05) is 23.5 Å². The van der Waals surface area contributed by atoms with Crippen molar-refractivity contribution in [1.29, 1.82) is 0 Å². The van der Waals surface area contributed by atoms with Gasteiger partial charge in [0.1, 0.15) is 11.3 Å². The number of fused-ring (bicyclic) bond motifs is 1. The van der Waals surface area contributed by atoms with Gasteiger partial charge in [0.2, 0.25) is 0 Å². The topological polar surface area (TPSA) is 35.6 Å². The van der Waals surface area contributed by atoms with Crippen molar-refractivity contribution in [3.8, 4) is 0 Å². The zero-order chi connectivity index (χ0) is 14.7. The number of hydrogen-bond donors (Lipinski definition) is 0. The molecule has 4 nitrogen and oxygen atoms in total. The van der Waals surface area contributed by atoms with Gasteiger partial charge in [-0.25, -0.2) is 4.98 Å². The summed E-state index contributed by atoms with van der Waals surface area (Å²) in [5, 5.41) is 4.59. The van der Waals surface area contributed by atoms with Gasteiger partial charge in [0.15, 0.2) is 5.65 Å². The molecule has 0 spiro atoms. The van der Waals surface area contributed by atoms with E-state index >= 15 is 0 Å². The van der Waals surface area contributed by atoms with Crippen molar-refractivity contribution in [1.82, 2.24) is 19.3 Å². The summed E-state index contributed by atoms with van der Waals surface area (Å²) in [5.74, 6) is 3.91. The summed E-state index contributed by atoms with van der Waals surface area (Å²) >= 11 is 7.90. The van der Waals surface area contributed by atoms with Crippen LogP contribution in [0.15, 0.2) is 0 Å². The first-order valence-corrected chi connectivity index (χ1v) is 8.89. The summed E-state index contributed by atoms with van der Waals surface area (Å²) in [5.41, 5.74) is 3.25. The van der Waals surface area contributed by atoms with Crippen LogP contribution in [0.5, 0.6) is 0 Å². The van der Waals surface area contributed by atoms with Crippen molar-refractivity contribution >= 4 is 34.5 Å². The largest absolute Gasteiger partial charge is 0.309 e. The van der Waals surface area contributed by atoms with E-state index in [0.717, 1.165) is 47.0 Å². The molecule has 0 amide bonds. The van der Waals surface area contributed by atoms with E-state index in [2.05, 4.69) is 30.4 Å². The molecule has 2 heterocycles. The van der Waals surface area contributed by atoms with Gasteiger partial charge < -0.3 is 4.57 Å². The molecule has 20 heavy (non-hydrogen) atoms. The number of aromatic nitrogens is 4. The van der Waals surface area contributed by atoms with Gasteiger partial charge in [0.25, 0.3) is 0 Å². The summed E-state index contributed by atoms with van der Waals surface area (Å²) in [6.07, 6.45) is 1.72. The van der Waals surface area contributed by atoms with Gasteiger partial charge in [-0.15, -0.1) is 11.6 Å². The first-order chi connectivity index (χ1) is 9.63. The Balaban J connectivity index is 2.52. The highest BCUT2D eigenvalue weighted by Gasteiger charge is 2.21. The highest BCUT2D eigenvalue weighted by Crippen LogP contribution is 2.26. The van der Waals surface area contributed by atoms with E-state index < -0.39 is 0 Å². The predicted octanol–water partition coefficient (Wildman–Crippen LogP) is 3.43. The van der Waals surface area contributed by atoms with Crippen LogP contribution in [0, 0.1) is 0 Å². The number of rotatable bonds is 7. The number of aryl methyl sites for hydroxylation is 3. The Hall–Kier alpha value is -0.680. The van der Waals surface area contributed by atoms with Gasteiger partial charge >= 0.3 is 0 Å². The molecule has 1 unspecified atom stereocenters. The van der Waals surface area contributed by atoms with E-state index in [0.29, 0.717) is 11.9 Å². The van der Waals surface area contributed by atoms with Gasteiger partial charge in [0, 0.05) is 31.1 Å². The standard InChI is InChI=1S/C14H23ClN4S/c1-5-11-13-14(18(4)17-11)19(10(3)9-20-6-2)12(16-13)7-8-15/h10H,5-9H2,1-4H3. The monoisotopic (exact) mass is 314 g/mol. The molecule has 0 aliphatic carbocycles. The maximum Gasteiger partial charge on any atom is 0.158 e. The van der Waals surface area contributed by atoms with Crippen molar-refractivity contribution in [2.24, 2.45) is 7.05 Å². The Morgan fingerprint density at radius 2 is 2.10 bits per heavy atom. The van der Waals surface area contributed by atoms with Crippen LogP contribution in [0.4, 0.5) is 0 Å². The zero-order valence-corrected chi connectivity index (χ0v) is 14.3. The Morgan fingerprint density at radius 3 is 2.70 bits per heavy atom. The van der Waals surface area contributed by atoms with E-state index in [1.54, 1.807) is 0 Å². The van der Waals surface area contributed by atoms with Crippen LogP contribution in [0.1, 0.15) is 38.3 Å². The summed E-state index contributed by atoms with van der Waals surface area (Å²) in [7, 11) is 2.00. The number of hydrogen-bond acceptors (Lipinski definition) is 3. The third-order valence-corrected chi connectivity index (χ3v) is 4.78. The first kappa shape index (κ1) is 15.7. The van der Waals surface area contributed by atoms with Crippen molar-refractivity contribution < 1.29 is 0 Å². The lowest BCUT2D eigenvalue weighted by atomic mass is 10.3. The molecular formula is C14H23ClN4S. The molecule has 112 valence electrons. The number of imidazole rings is 1. The van der Waals surface area contributed by atoms with E-state index in [1.165, 1.54) is 0 Å². The van der Waals surface area contributed by atoms with Gasteiger partial charge in [-0.3, -0.25) is 4.68 Å². The fraction of sp³-hybridized carbons (Fsp3) is 0.714. The molecule has 0 bridgehead atoms. The van der Waals surface area contributed by atoms with Gasteiger partial charge in [0.05, 0.1) is 5.69 Å². The third-order valence-electron chi connectivity index (χ3n) is 3.47. The molecule has 0 radical (unpaired) electrons. The fourth-order valence-corrected chi connectivity index (χ4v) is 3.47. The van der Waals surface area contributed by atoms with E-state index in [-0.39, 0.29) is 0 Å². The predicted molar refractivity (Wildman–Crippen MR) is 88.0 cm³/mol. The Bertz CT molecular complexity index is 575. The van der Waals surface area contributed by atoms with Crippen LogP contribution in [-0.4, -0.2) is 36.7 Å². The average molecular weight is 315 g/mol. The molecule has 2 aromatic heterocycles. The van der Waals surface area contributed by atoms with Crippen LogP contribution in [-0.2, 0) is 19.9 Å². The first-order valence-electron chi connectivity index (χ1n) is 7.20. The molecular weight excluding hydrogens is 292 g/mol. The fourth-order valence-electron chi connectivity index (χ4n) is 2.57. The molecule has 1 atom stereocenters. The van der Waals surface area contributed by atoms with E-state index in [9.17, 15) is 0 Å². The summed E-state index contributed by atoms with van der Waals surface area (Å²) in [6, 6.07) is 0.406. The van der Waals surface area contributed by atoms with Gasteiger partial charge in [-0.1, -0.05) is 13.8 Å². The van der Waals surface area contributed by atoms with Crippen LogP contribution < -0.4 is 0 Å². The molecule has 0 aliphatic rings. The second-order valence-corrected chi connectivity index (χ2v) is 6.64. The van der Waals surface area contributed by atoms with Crippen LogP contribution in [0.3, 0.4) is 0 Å². The Morgan fingerprint density at radius 1 is 1.35 bits per heavy atom. The maximum absolute atomic E-state index is 5.94. The lowest BCUT2D eigenvalue weighted by molar-refractivity contribution is 0.576.